The molecule has 0 bridgehead atoms. The summed E-state index contributed by atoms with van der Waals surface area (Å²) in [6.45, 7) is 69.0. The van der Waals surface area contributed by atoms with Gasteiger partial charge in [-0.15, -0.1) is 0 Å². The van der Waals surface area contributed by atoms with Crippen molar-refractivity contribution >= 4 is 66.3 Å². The number of hydrogen-bond acceptors (Lipinski definition) is 1. The van der Waals surface area contributed by atoms with Crippen molar-refractivity contribution in [1.29, 1.82) is 0 Å². The fourth-order valence-electron chi connectivity index (χ4n) is 8.03. The third-order valence-electron chi connectivity index (χ3n) is 13.3. The van der Waals surface area contributed by atoms with Gasteiger partial charge in [0.1, 0.15) is 7.83 Å². The van der Waals surface area contributed by atoms with Crippen molar-refractivity contribution in [3.63, 3.8) is 0 Å². The molecule has 0 spiro atoms. The summed E-state index contributed by atoms with van der Waals surface area (Å²) >= 11 is 0. The van der Waals surface area contributed by atoms with Gasteiger partial charge in [0.2, 0.25) is 0 Å². The molecule has 0 aromatic heterocycles. The summed E-state index contributed by atoms with van der Waals surface area (Å²) in [5.74, 6) is 0. The van der Waals surface area contributed by atoms with E-state index in [4.69, 9.17) is 4.43 Å². The van der Waals surface area contributed by atoms with Crippen LogP contribution in [0, 0.1) is 0 Å². The molecule has 1 heterocycles. The summed E-state index contributed by atoms with van der Waals surface area (Å²) < 4.78 is 7.24. The fraction of sp³-hybridized carbons (Fsp3) is 0.860. The van der Waals surface area contributed by atoms with Gasteiger partial charge >= 0.3 is 0 Å². The molecule has 0 unspecified atom stereocenters. The van der Waals surface area contributed by atoms with Gasteiger partial charge in [0, 0.05) is 17.6 Å². The molecule has 0 aliphatic carbocycles. The average Bonchev–Trinajstić information content (AvgIpc) is 2.83. The summed E-state index contributed by atoms with van der Waals surface area (Å²) in [5.41, 5.74) is 1.84. The minimum atomic E-state index is -1.71. The van der Waals surface area contributed by atoms with Crippen molar-refractivity contribution in [3.8, 4) is 0 Å². The average molecular weight is 864 g/mol. The van der Waals surface area contributed by atoms with E-state index < -0.39 is 31.1 Å². The zero-order valence-electron chi connectivity index (χ0n) is 39.9. The van der Waals surface area contributed by atoms with Crippen molar-refractivity contribution in [2.75, 3.05) is 0 Å². The molecular weight excluding hydrogens is 774 g/mol. The molecule has 1 aromatic carbocycles. The van der Waals surface area contributed by atoms with Crippen LogP contribution in [0.25, 0.3) is 0 Å². The normalized spacial score (nSPS) is 18.0. The Bertz CT molecular complexity index is 1090. The molecule has 0 saturated carbocycles. The topological polar surface area (TPSA) is 9.23 Å². The molecule has 296 valence electrons. The minimum absolute atomic E-state index is 0. The quantitative estimate of drug-likeness (QED) is 0.275. The van der Waals surface area contributed by atoms with Gasteiger partial charge in [-0.2, -0.15) is 0 Å². The molecule has 1 nitrogen and oxygen atoms in total. The third-order valence-corrected chi connectivity index (χ3v) is 72.9. The zero-order valence-corrected chi connectivity index (χ0v) is 48.0. The second-order valence-electron chi connectivity index (χ2n) is 24.2. The molecule has 1 fully saturated rings. The van der Waals surface area contributed by atoms with Crippen LogP contribution in [0.15, 0.2) is 30.3 Å². The molecule has 1 aliphatic rings. The summed E-state index contributed by atoms with van der Waals surface area (Å²) in [5, 5.41) is 3.62. The van der Waals surface area contributed by atoms with Crippen LogP contribution in [0.1, 0.15) is 177 Å². The minimum Gasteiger partial charge on any atom is -0.421 e. The molecule has 1 aromatic rings. The Morgan fingerprint density at radius 2 is 0.725 bits per heavy atom. The van der Waals surface area contributed by atoms with Crippen molar-refractivity contribution in [3.05, 3.63) is 35.9 Å². The summed E-state index contributed by atoms with van der Waals surface area (Å²) in [4.78, 5) is 0. The van der Waals surface area contributed by atoms with E-state index in [-0.39, 0.29) is 35.2 Å². The van der Waals surface area contributed by atoms with Crippen molar-refractivity contribution in [2.45, 2.75) is 238 Å². The molecule has 51 heavy (non-hydrogen) atoms. The van der Waals surface area contributed by atoms with E-state index in [0.717, 1.165) is 0 Å². The molecule has 1 atom stereocenters. The summed E-state index contributed by atoms with van der Waals surface area (Å²) in [6.07, 6.45) is 0. The van der Waals surface area contributed by atoms with Gasteiger partial charge in [-0.05, 0) is 45.9 Å². The van der Waals surface area contributed by atoms with Gasteiger partial charge in [0.15, 0.2) is 8.08 Å². The van der Waals surface area contributed by atoms with E-state index >= 15 is 0 Å². The molecule has 0 N–H and O–H groups in total. The van der Waals surface area contributed by atoms with E-state index in [0.29, 0.717) is 46.0 Å². The molecule has 0 amide bonds. The van der Waals surface area contributed by atoms with E-state index in [1.807, 2.05) is 0 Å². The van der Waals surface area contributed by atoms with Gasteiger partial charge < -0.3 is 4.43 Å². The van der Waals surface area contributed by atoms with Crippen LogP contribution < -0.4 is 0 Å². The number of benzene rings is 1. The van der Waals surface area contributed by atoms with Gasteiger partial charge in [0.05, 0.1) is 38.5 Å². The van der Waals surface area contributed by atoms with Crippen molar-refractivity contribution < 1.29 is 4.43 Å². The maximum Gasteiger partial charge on any atom is 0.183 e. The molecule has 2 rings (SSSR count). The fourth-order valence-corrected chi connectivity index (χ4v) is 78.7. The van der Waals surface area contributed by atoms with Crippen LogP contribution in [0.5, 0.6) is 0 Å². The van der Waals surface area contributed by atoms with Crippen LogP contribution >= 0.6 is 0 Å². The largest absolute Gasteiger partial charge is 0.421 e. The Morgan fingerprint density at radius 1 is 0.471 bits per heavy atom. The van der Waals surface area contributed by atoms with Gasteiger partial charge in [-0.1, -0.05) is 223 Å². The summed E-state index contributed by atoms with van der Waals surface area (Å²) in [6, 6.07) is 11.2. The predicted octanol–water partition coefficient (Wildman–Crippen LogP) is 15.4. The standard InChI is InChI=1S/C25H48OSi4.2C9H21Si.Ge/c1-22(2,3)29(13,23(4,5)6)27-21(20-18-16-15-17-19-20)26-28(27)30(14,24(7,8)9)25(10,11)12;2*1-8(2,3)10(7)9(4,5)6;/h15-19,21H,1-14H3;2*1-7H3;/t21-;;;/m0.../s1. The monoisotopic (exact) mass is 864 g/mol. The molecule has 1 saturated heterocycles. The van der Waals surface area contributed by atoms with Crippen LogP contribution in [0.4, 0.5) is 0 Å². The van der Waals surface area contributed by atoms with E-state index in [2.05, 4.69) is 223 Å². The Hall–Kier alpha value is 1.02. The molecular formula is C43H90GeOSi6. The Kier molecular flexibility index (Phi) is 18.7. The van der Waals surface area contributed by atoms with Crippen LogP contribution in [-0.2, 0) is 4.43 Å². The SMILES string of the molecule is CC(C)(C)[Si](C)([Si]1O[C@H](c2ccccc2)[Si]1[Si](C)(C(C)(C)C)C(C)(C)C)C(C)(C)C.C[Si](C(C)(C)C)C(C)(C)C.C[Si](C(C)(C)C)C(C)(C)C.[Ge]. The molecule has 8 radical (unpaired) electrons. The van der Waals surface area contributed by atoms with Crippen LogP contribution in [0.3, 0.4) is 0 Å². The maximum atomic E-state index is 7.24. The maximum absolute atomic E-state index is 7.24. The second kappa shape index (κ2) is 17.7. The molecule has 1 aliphatic heterocycles. The first-order valence-corrected chi connectivity index (χ1v) is 34.7. The smallest absolute Gasteiger partial charge is 0.183 e. The van der Waals surface area contributed by atoms with E-state index in [9.17, 15) is 0 Å². The first-order valence-electron chi connectivity index (χ1n) is 19.7. The second-order valence-corrected chi connectivity index (χ2v) is 60.4. The Labute approximate surface area is 342 Å². The number of hydrogen-bond donors (Lipinski definition) is 0. The Balaban J connectivity index is 0. The van der Waals surface area contributed by atoms with Crippen LogP contribution in [0.2, 0.25) is 66.5 Å². The van der Waals surface area contributed by atoms with Gasteiger partial charge in [0.25, 0.3) is 0 Å². The van der Waals surface area contributed by atoms with Crippen molar-refractivity contribution in [1.82, 2.24) is 0 Å². The van der Waals surface area contributed by atoms with Gasteiger partial charge in [-0.3, -0.25) is 0 Å². The third kappa shape index (κ3) is 13.0. The zero-order chi connectivity index (χ0) is 40.7. The van der Waals surface area contributed by atoms with Crippen molar-refractivity contribution in [2.24, 2.45) is 0 Å². The first-order chi connectivity index (χ1) is 21.5. The predicted molar refractivity (Wildman–Crippen MR) is 252 cm³/mol. The summed E-state index contributed by atoms with van der Waals surface area (Å²) in [7, 11) is -5.37. The van der Waals surface area contributed by atoms with E-state index in [1.54, 1.807) is 0 Å². The van der Waals surface area contributed by atoms with Crippen LogP contribution in [-0.4, -0.2) is 66.3 Å². The Morgan fingerprint density at radius 3 is 0.922 bits per heavy atom. The van der Waals surface area contributed by atoms with Gasteiger partial charge in [-0.25, -0.2) is 0 Å². The number of rotatable bonds is 3. The first kappa shape index (κ1) is 54.1. The molecule has 8 heteroatoms. The van der Waals surface area contributed by atoms with E-state index in [1.165, 1.54) is 5.56 Å².